The average molecular weight is 287 g/mol. The standard InChI is InChI=1S/C12H9N5O2S/c1-7-9(20-17-14-7)10(18)13-12-16-15-11(19-12)8-5-3-2-4-6-8/h2-6H,1H3,(H,13,16,18). The number of hydrogen-bond donors (Lipinski definition) is 1. The van der Waals surface area contributed by atoms with Crippen LogP contribution in [0, 0.1) is 6.92 Å². The molecular formula is C12H9N5O2S. The lowest BCUT2D eigenvalue weighted by molar-refractivity contribution is 0.102. The summed E-state index contributed by atoms with van der Waals surface area (Å²) in [4.78, 5) is 12.4. The Bertz CT molecular complexity index is 737. The van der Waals surface area contributed by atoms with Gasteiger partial charge < -0.3 is 4.42 Å². The van der Waals surface area contributed by atoms with Gasteiger partial charge in [0.05, 0.1) is 5.69 Å². The van der Waals surface area contributed by atoms with Crippen LogP contribution >= 0.6 is 11.5 Å². The molecule has 100 valence electrons. The van der Waals surface area contributed by atoms with E-state index in [-0.39, 0.29) is 11.9 Å². The Morgan fingerprint density at radius 2 is 2.00 bits per heavy atom. The molecule has 0 aliphatic heterocycles. The summed E-state index contributed by atoms with van der Waals surface area (Å²) < 4.78 is 9.09. The molecule has 2 aromatic heterocycles. The van der Waals surface area contributed by atoms with Crippen molar-refractivity contribution in [1.29, 1.82) is 0 Å². The summed E-state index contributed by atoms with van der Waals surface area (Å²) in [5.74, 6) is -0.0131. The lowest BCUT2D eigenvalue weighted by Crippen LogP contribution is -2.11. The minimum Gasteiger partial charge on any atom is -0.403 e. The van der Waals surface area contributed by atoms with Crippen molar-refractivity contribution in [2.75, 3.05) is 5.32 Å². The number of aromatic nitrogens is 4. The first-order valence-corrected chi connectivity index (χ1v) is 6.50. The van der Waals surface area contributed by atoms with Gasteiger partial charge in [0.25, 0.3) is 5.91 Å². The van der Waals surface area contributed by atoms with E-state index in [4.69, 9.17) is 4.42 Å². The molecule has 8 heteroatoms. The second kappa shape index (κ2) is 5.17. The number of carbonyl (C=O) groups is 1. The van der Waals surface area contributed by atoms with Crippen molar-refractivity contribution in [3.63, 3.8) is 0 Å². The second-order valence-electron chi connectivity index (χ2n) is 3.92. The molecule has 0 spiro atoms. The monoisotopic (exact) mass is 287 g/mol. The summed E-state index contributed by atoms with van der Waals surface area (Å²) >= 11 is 1.02. The van der Waals surface area contributed by atoms with E-state index in [1.54, 1.807) is 6.92 Å². The molecule has 0 atom stereocenters. The minimum absolute atomic E-state index is 0.0432. The molecule has 0 fully saturated rings. The fourth-order valence-corrected chi connectivity index (χ4v) is 2.12. The molecule has 0 aliphatic rings. The van der Waals surface area contributed by atoms with E-state index in [2.05, 4.69) is 25.1 Å². The van der Waals surface area contributed by atoms with Crippen molar-refractivity contribution in [1.82, 2.24) is 19.8 Å². The average Bonchev–Trinajstić information content (AvgIpc) is 3.09. The third-order valence-corrected chi connectivity index (χ3v) is 3.35. The van der Waals surface area contributed by atoms with E-state index < -0.39 is 0 Å². The molecule has 7 nitrogen and oxygen atoms in total. The van der Waals surface area contributed by atoms with Crippen LogP contribution in [0.25, 0.3) is 11.5 Å². The fourth-order valence-electron chi connectivity index (χ4n) is 1.56. The van der Waals surface area contributed by atoms with Crippen LogP contribution in [-0.2, 0) is 0 Å². The van der Waals surface area contributed by atoms with Crippen molar-refractivity contribution in [3.8, 4) is 11.5 Å². The van der Waals surface area contributed by atoms with Gasteiger partial charge in [-0.25, -0.2) is 0 Å². The Kier molecular flexibility index (Phi) is 3.21. The Labute approximate surface area is 117 Å². The number of nitrogens with one attached hydrogen (secondary N) is 1. The van der Waals surface area contributed by atoms with Crippen LogP contribution in [0.2, 0.25) is 0 Å². The number of benzene rings is 1. The van der Waals surface area contributed by atoms with Crippen molar-refractivity contribution >= 4 is 23.5 Å². The molecule has 0 saturated carbocycles. The van der Waals surface area contributed by atoms with Crippen molar-refractivity contribution in [2.45, 2.75) is 6.92 Å². The fraction of sp³-hybridized carbons (Fsp3) is 0.0833. The second-order valence-corrected chi connectivity index (χ2v) is 4.67. The van der Waals surface area contributed by atoms with E-state index in [1.165, 1.54) is 0 Å². The highest BCUT2D eigenvalue weighted by molar-refractivity contribution is 7.08. The van der Waals surface area contributed by atoms with Gasteiger partial charge in [0.2, 0.25) is 5.89 Å². The van der Waals surface area contributed by atoms with Gasteiger partial charge in [-0.05, 0) is 30.6 Å². The molecule has 3 rings (SSSR count). The third-order valence-electron chi connectivity index (χ3n) is 2.52. The SMILES string of the molecule is Cc1nnsc1C(=O)Nc1nnc(-c2ccccc2)o1. The molecule has 0 saturated heterocycles. The third kappa shape index (κ3) is 2.41. The molecule has 2 heterocycles. The smallest absolute Gasteiger partial charge is 0.322 e. The normalized spacial score (nSPS) is 10.4. The highest BCUT2D eigenvalue weighted by Crippen LogP contribution is 2.20. The summed E-state index contributed by atoms with van der Waals surface area (Å²) in [5, 5.41) is 14.0. The molecule has 1 aromatic carbocycles. The van der Waals surface area contributed by atoms with Crippen molar-refractivity contribution in [2.24, 2.45) is 0 Å². The van der Waals surface area contributed by atoms with Crippen LogP contribution in [0.5, 0.6) is 0 Å². The zero-order valence-corrected chi connectivity index (χ0v) is 11.2. The first-order chi connectivity index (χ1) is 9.74. The van der Waals surface area contributed by atoms with Crippen molar-refractivity contribution < 1.29 is 9.21 Å². The van der Waals surface area contributed by atoms with Crippen LogP contribution in [0.1, 0.15) is 15.4 Å². The first kappa shape index (κ1) is 12.4. The number of nitrogens with zero attached hydrogens (tertiary/aromatic N) is 4. The highest BCUT2D eigenvalue weighted by atomic mass is 32.1. The summed E-state index contributed by atoms with van der Waals surface area (Å²) in [6.45, 7) is 1.71. The Balaban J connectivity index is 1.78. The molecule has 20 heavy (non-hydrogen) atoms. The maximum absolute atomic E-state index is 11.9. The molecule has 0 radical (unpaired) electrons. The molecule has 3 aromatic rings. The number of hydrogen-bond acceptors (Lipinski definition) is 7. The number of carbonyl (C=O) groups excluding carboxylic acids is 1. The number of anilines is 1. The molecule has 1 N–H and O–H groups in total. The lowest BCUT2D eigenvalue weighted by Gasteiger charge is -1.96. The Hall–Kier alpha value is -2.61. The quantitative estimate of drug-likeness (QED) is 0.793. The summed E-state index contributed by atoms with van der Waals surface area (Å²) in [5.41, 5.74) is 1.35. The molecule has 0 aliphatic carbocycles. The maximum atomic E-state index is 11.9. The Morgan fingerprint density at radius 3 is 2.70 bits per heavy atom. The lowest BCUT2D eigenvalue weighted by atomic mass is 10.2. The summed E-state index contributed by atoms with van der Waals surface area (Å²) in [6.07, 6.45) is 0. The van der Waals surface area contributed by atoms with Crippen molar-refractivity contribution in [3.05, 3.63) is 40.9 Å². The van der Waals surface area contributed by atoms with Gasteiger partial charge in [0, 0.05) is 5.56 Å². The zero-order chi connectivity index (χ0) is 13.9. The predicted octanol–water partition coefficient (Wildman–Crippen LogP) is 2.15. The maximum Gasteiger partial charge on any atom is 0.322 e. The molecule has 0 bridgehead atoms. The van der Waals surface area contributed by atoms with Gasteiger partial charge in [0.15, 0.2) is 0 Å². The molecular weight excluding hydrogens is 278 g/mol. The van der Waals surface area contributed by atoms with E-state index in [0.717, 1.165) is 17.1 Å². The van der Waals surface area contributed by atoms with E-state index in [9.17, 15) is 4.79 Å². The number of rotatable bonds is 3. The van der Waals surface area contributed by atoms with E-state index in [1.807, 2.05) is 30.3 Å². The predicted molar refractivity (Wildman–Crippen MR) is 72.3 cm³/mol. The largest absolute Gasteiger partial charge is 0.403 e. The van der Waals surface area contributed by atoms with Crippen LogP contribution in [0.4, 0.5) is 6.01 Å². The molecule has 0 unspecified atom stereocenters. The van der Waals surface area contributed by atoms with Gasteiger partial charge >= 0.3 is 6.01 Å². The number of amides is 1. The van der Waals surface area contributed by atoms with Crippen LogP contribution < -0.4 is 5.32 Å². The topological polar surface area (TPSA) is 93.8 Å². The van der Waals surface area contributed by atoms with Crippen LogP contribution in [0.15, 0.2) is 34.7 Å². The Morgan fingerprint density at radius 1 is 1.20 bits per heavy atom. The van der Waals surface area contributed by atoms with Gasteiger partial charge in [-0.2, -0.15) is 0 Å². The van der Waals surface area contributed by atoms with Gasteiger partial charge in [0.1, 0.15) is 4.88 Å². The van der Waals surface area contributed by atoms with Gasteiger partial charge in [-0.15, -0.1) is 10.2 Å². The van der Waals surface area contributed by atoms with Gasteiger partial charge in [-0.3, -0.25) is 10.1 Å². The van der Waals surface area contributed by atoms with E-state index in [0.29, 0.717) is 16.5 Å². The van der Waals surface area contributed by atoms with E-state index >= 15 is 0 Å². The van der Waals surface area contributed by atoms with Crippen LogP contribution in [0.3, 0.4) is 0 Å². The van der Waals surface area contributed by atoms with Gasteiger partial charge in [-0.1, -0.05) is 27.8 Å². The highest BCUT2D eigenvalue weighted by Gasteiger charge is 2.16. The first-order valence-electron chi connectivity index (χ1n) is 5.73. The molecule has 1 amide bonds. The minimum atomic E-state index is -0.360. The summed E-state index contributed by atoms with van der Waals surface area (Å²) in [6, 6.07) is 9.35. The number of aryl methyl sites for hydroxylation is 1. The van der Waals surface area contributed by atoms with Crippen LogP contribution in [-0.4, -0.2) is 25.7 Å². The summed E-state index contributed by atoms with van der Waals surface area (Å²) in [7, 11) is 0. The zero-order valence-electron chi connectivity index (χ0n) is 10.4.